The van der Waals surface area contributed by atoms with Crippen LogP contribution in [-0.4, -0.2) is 15.8 Å². The van der Waals surface area contributed by atoms with Gasteiger partial charge in [0.1, 0.15) is 5.82 Å². The maximum atomic E-state index is 13.7. The third-order valence-electron chi connectivity index (χ3n) is 3.38. The van der Waals surface area contributed by atoms with Crippen LogP contribution in [0.1, 0.15) is 24.6 Å². The predicted octanol–water partition coefficient (Wildman–Crippen LogP) is 3.08. The van der Waals surface area contributed by atoms with Crippen LogP contribution >= 0.6 is 0 Å². The Morgan fingerprint density at radius 1 is 1.38 bits per heavy atom. The molecule has 1 aromatic heterocycles. The Balaban J connectivity index is 2.37. The van der Waals surface area contributed by atoms with Gasteiger partial charge >= 0.3 is 0 Å². The molecular formula is C15H19F2N3O. The zero-order chi connectivity index (χ0) is 15.6. The predicted molar refractivity (Wildman–Crippen MR) is 76.3 cm³/mol. The topological polar surface area (TPSA) is 53.1 Å². The van der Waals surface area contributed by atoms with E-state index in [4.69, 9.17) is 10.5 Å². The van der Waals surface area contributed by atoms with Crippen LogP contribution in [-0.2, 0) is 13.5 Å². The van der Waals surface area contributed by atoms with Gasteiger partial charge in [0, 0.05) is 24.7 Å². The van der Waals surface area contributed by atoms with Gasteiger partial charge in [-0.1, -0.05) is 6.92 Å². The summed E-state index contributed by atoms with van der Waals surface area (Å²) in [6.07, 6.45) is 1.38. The summed E-state index contributed by atoms with van der Waals surface area (Å²) < 4.78 is 34.0. The smallest absolute Gasteiger partial charge is 0.221 e. The van der Waals surface area contributed by atoms with Crippen molar-refractivity contribution in [3.8, 4) is 11.6 Å². The molecule has 0 aliphatic rings. The molecule has 0 spiro atoms. The van der Waals surface area contributed by atoms with E-state index in [-0.39, 0.29) is 11.8 Å². The van der Waals surface area contributed by atoms with Crippen molar-refractivity contribution in [2.45, 2.75) is 32.7 Å². The Morgan fingerprint density at radius 3 is 2.76 bits per heavy atom. The summed E-state index contributed by atoms with van der Waals surface area (Å²) in [5, 5.41) is 4.27. The number of aromatic nitrogens is 2. The van der Waals surface area contributed by atoms with E-state index in [1.165, 1.54) is 4.68 Å². The van der Waals surface area contributed by atoms with E-state index in [0.29, 0.717) is 12.3 Å². The van der Waals surface area contributed by atoms with Crippen LogP contribution < -0.4 is 10.5 Å². The van der Waals surface area contributed by atoms with Gasteiger partial charge in [0.15, 0.2) is 11.6 Å². The fourth-order valence-corrected chi connectivity index (χ4v) is 2.11. The molecule has 2 rings (SSSR count). The molecule has 0 fully saturated rings. The summed E-state index contributed by atoms with van der Waals surface area (Å²) in [6.45, 7) is 3.83. The maximum Gasteiger partial charge on any atom is 0.221 e. The molecule has 4 nitrogen and oxygen atoms in total. The third kappa shape index (κ3) is 3.39. The highest BCUT2D eigenvalue weighted by atomic mass is 19.1. The van der Waals surface area contributed by atoms with Crippen molar-refractivity contribution in [3.05, 3.63) is 41.1 Å². The molecule has 0 amide bonds. The molecule has 2 N–H and O–H groups in total. The highest BCUT2D eigenvalue weighted by Crippen LogP contribution is 2.30. The lowest BCUT2D eigenvalue weighted by molar-refractivity contribution is 0.394. The van der Waals surface area contributed by atoms with E-state index in [9.17, 15) is 8.78 Å². The van der Waals surface area contributed by atoms with E-state index in [2.05, 4.69) is 5.10 Å². The fraction of sp³-hybridized carbons (Fsp3) is 0.400. The number of benzene rings is 1. The largest absolute Gasteiger partial charge is 0.436 e. The van der Waals surface area contributed by atoms with Gasteiger partial charge in [-0.05, 0) is 31.9 Å². The van der Waals surface area contributed by atoms with Gasteiger partial charge in [-0.2, -0.15) is 5.10 Å². The number of hydrogen-bond acceptors (Lipinski definition) is 3. The van der Waals surface area contributed by atoms with Crippen molar-refractivity contribution in [2.75, 3.05) is 0 Å². The van der Waals surface area contributed by atoms with Crippen LogP contribution in [0.15, 0.2) is 18.2 Å². The number of hydrogen-bond donors (Lipinski definition) is 1. The molecule has 1 heterocycles. The van der Waals surface area contributed by atoms with E-state index in [1.54, 1.807) is 7.05 Å². The Kier molecular flexibility index (Phi) is 4.57. The van der Waals surface area contributed by atoms with Crippen molar-refractivity contribution >= 4 is 0 Å². The Bertz CT molecular complexity index is 640. The van der Waals surface area contributed by atoms with Crippen LogP contribution in [0, 0.1) is 18.6 Å². The molecule has 2 aromatic rings. The Hall–Kier alpha value is -1.95. The molecular weight excluding hydrogens is 276 g/mol. The monoisotopic (exact) mass is 295 g/mol. The van der Waals surface area contributed by atoms with Crippen molar-refractivity contribution in [1.29, 1.82) is 0 Å². The van der Waals surface area contributed by atoms with Crippen LogP contribution in [0.2, 0.25) is 0 Å². The van der Waals surface area contributed by atoms with Crippen molar-refractivity contribution in [1.82, 2.24) is 9.78 Å². The minimum absolute atomic E-state index is 0.0346. The van der Waals surface area contributed by atoms with Crippen LogP contribution in [0.5, 0.6) is 11.6 Å². The SMILES string of the molecule is CCC(N)Cc1c(C)nn(C)c1Oc1cc(F)ccc1F. The molecule has 1 unspecified atom stereocenters. The summed E-state index contributed by atoms with van der Waals surface area (Å²) in [4.78, 5) is 0. The molecule has 114 valence electrons. The summed E-state index contributed by atoms with van der Waals surface area (Å²) in [5.74, 6) is -0.955. The molecule has 0 aliphatic carbocycles. The summed E-state index contributed by atoms with van der Waals surface area (Å²) >= 11 is 0. The molecule has 0 bridgehead atoms. The van der Waals surface area contributed by atoms with Gasteiger partial charge in [-0.25, -0.2) is 13.5 Å². The lowest BCUT2D eigenvalue weighted by Gasteiger charge is -2.12. The quantitative estimate of drug-likeness (QED) is 0.922. The van der Waals surface area contributed by atoms with Gasteiger partial charge in [0.25, 0.3) is 0 Å². The second-order valence-electron chi connectivity index (χ2n) is 5.04. The van der Waals surface area contributed by atoms with E-state index >= 15 is 0 Å². The van der Waals surface area contributed by atoms with Gasteiger partial charge in [-0.3, -0.25) is 0 Å². The standard InChI is InChI=1S/C15H19F2N3O/c1-4-11(18)8-12-9(2)19-20(3)15(12)21-14-7-10(16)5-6-13(14)17/h5-7,11H,4,8,18H2,1-3H3. The van der Waals surface area contributed by atoms with E-state index in [1.807, 2.05) is 13.8 Å². The second kappa shape index (κ2) is 6.22. The molecule has 0 aliphatic heterocycles. The zero-order valence-corrected chi connectivity index (χ0v) is 12.4. The summed E-state index contributed by atoms with van der Waals surface area (Å²) in [5.41, 5.74) is 7.56. The molecule has 1 aromatic carbocycles. The number of halogens is 2. The van der Waals surface area contributed by atoms with Crippen molar-refractivity contribution in [3.63, 3.8) is 0 Å². The zero-order valence-electron chi connectivity index (χ0n) is 12.4. The molecule has 1 atom stereocenters. The third-order valence-corrected chi connectivity index (χ3v) is 3.38. The minimum Gasteiger partial charge on any atom is -0.436 e. The maximum absolute atomic E-state index is 13.7. The van der Waals surface area contributed by atoms with Gasteiger partial charge < -0.3 is 10.5 Å². The Labute approximate surface area is 122 Å². The van der Waals surface area contributed by atoms with Crippen molar-refractivity contribution < 1.29 is 13.5 Å². The first kappa shape index (κ1) is 15.4. The molecule has 6 heteroatoms. The average Bonchev–Trinajstić information content (AvgIpc) is 2.69. The number of rotatable bonds is 5. The first-order chi connectivity index (χ1) is 9.92. The number of aryl methyl sites for hydroxylation is 2. The lowest BCUT2D eigenvalue weighted by atomic mass is 10.1. The fourth-order valence-electron chi connectivity index (χ4n) is 2.11. The normalized spacial score (nSPS) is 12.5. The number of nitrogens with zero attached hydrogens (tertiary/aromatic N) is 2. The van der Waals surface area contributed by atoms with Gasteiger partial charge in [0.2, 0.25) is 5.88 Å². The second-order valence-corrected chi connectivity index (χ2v) is 5.04. The first-order valence-corrected chi connectivity index (χ1v) is 6.83. The average molecular weight is 295 g/mol. The van der Waals surface area contributed by atoms with E-state index < -0.39 is 11.6 Å². The van der Waals surface area contributed by atoms with Crippen LogP contribution in [0.4, 0.5) is 8.78 Å². The Morgan fingerprint density at radius 2 is 2.10 bits per heavy atom. The van der Waals surface area contributed by atoms with Crippen molar-refractivity contribution in [2.24, 2.45) is 12.8 Å². The molecule has 0 saturated heterocycles. The van der Waals surface area contributed by atoms with Gasteiger partial charge in [0.05, 0.1) is 5.69 Å². The van der Waals surface area contributed by atoms with E-state index in [0.717, 1.165) is 35.9 Å². The first-order valence-electron chi connectivity index (χ1n) is 6.83. The lowest BCUT2D eigenvalue weighted by Crippen LogP contribution is -2.21. The molecule has 0 radical (unpaired) electrons. The highest BCUT2D eigenvalue weighted by molar-refractivity contribution is 5.37. The van der Waals surface area contributed by atoms with Crippen LogP contribution in [0.3, 0.4) is 0 Å². The molecule has 0 saturated carbocycles. The summed E-state index contributed by atoms with van der Waals surface area (Å²) in [6, 6.07) is 3.06. The van der Waals surface area contributed by atoms with Gasteiger partial charge in [-0.15, -0.1) is 0 Å². The van der Waals surface area contributed by atoms with Crippen LogP contribution in [0.25, 0.3) is 0 Å². The highest BCUT2D eigenvalue weighted by Gasteiger charge is 2.19. The number of nitrogens with two attached hydrogens (primary N) is 1. The molecule has 21 heavy (non-hydrogen) atoms. The minimum atomic E-state index is -0.624. The number of ether oxygens (including phenoxy) is 1. The summed E-state index contributed by atoms with van der Waals surface area (Å²) in [7, 11) is 1.69.